The number of hydrogen-bond acceptors (Lipinski definition) is 3. The third kappa shape index (κ3) is 5.40. The normalized spacial score (nSPS) is 12.3. The standard InChI is InChI=1S/C12H14ClF2NO3/c1-18-7-8(13)6-16-11(17)9-4-2-3-5-10(9)19-12(14)15/h2-5,8,12H,6-7H2,1H3,(H,16,17). The molecule has 0 aromatic heterocycles. The van der Waals surface area contributed by atoms with E-state index in [4.69, 9.17) is 16.3 Å². The SMILES string of the molecule is COCC(Cl)CNC(=O)c1ccccc1OC(F)F. The van der Waals surface area contributed by atoms with Crippen molar-refractivity contribution in [1.29, 1.82) is 0 Å². The Morgan fingerprint density at radius 1 is 1.42 bits per heavy atom. The van der Waals surface area contributed by atoms with Crippen LogP contribution in [0, 0.1) is 0 Å². The van der Waals surface area contributed by atoms with E-state index in [0.29, 0.717) is 0 Å². The van der Waals surface area contributed by atoms with Crippen LogP contribution >= 0.6 is 11.6 Å². The van der Waals surface area contributed by atoms with E-state index in [1.54, 1.807) is 6.07 Å². The summed E-state index contributed by atoms with van der Waals surface area (Å²) in [6, 6.07) is 5.76. The Labute approximate surface area is 114 Å². The van der Waals surface area contributed by atoms with Gasteiger partial charge in [-0.1, -0.05) is 12.1 Å². The topological polar surface area (TPSA) is 47.6 Å². The van der Waals surface area contributed by atoms with Crippen molar-refractivity contribution in [3.8, 4) is 5.75 Å². The van der Waals surface area contributed by atoms with E-state index in [2.05, 4.69) is 10.1 Å². The van der Waals surface area contributed by atoms with E-state index in [-0.39, 0.29) is 24.5 Å². The van der Waals surface area contributed by atoms with Gasteiger partial charge in [0, 0.05) is 13.7 Å². The number of ether oxygens (including phenoxy) is 2. The highest BCUT2D eigenvalue weighted by atomic mass is 35.5. The number of benzene rings is 1. The highest BCUT2D eigenvalue weighted by Gasteiger charge is 2.16. The molecule has 0 aliphatic rings. The maximum Gasteiger partial charge on any atom is 0.387 e. The molecule has 0 radical (unpaired) electrons. The van der Waals surface area contributed by atoms with Gasteiger partial charge in [-0.15, -0.1) is 11.6 Å². The van der Waals surface area contributed by atoms with Crippen molar-refractivity contribution < 1.29 is 23.0 Å². The van der Waals surface area contributed by atoms with Crippen LogP contribution < -0.4 is 10.1 Å². The molecule has 0 fully saturated rings. The van der Waals surface area contributed by atoms with Crippen LogP contribution in [-0.2, 0) is 4.74 Å². The number of rotatable bonds is 7. The van der Waals surface area contributed by atoms with Gasteiger partial charge >= 0.3 is 6.61 Å². The summed E-state index contributed by atoms with van der Waals surface area (Å²) >= 11 is 5.85. The zero-order valence-electron chi connectivity index (χ0n) is 10.2. The second kappa shape index (κ2) is 7.91. The molecular formula is C12H14ClF2NO3. The maximum atomic E-state index is 12.2. The van der Waals surface area contributed by atoms with E-state index >= 15 is 0 Å². The zero-order chi connectivity index (χ0) is 14.3. The van der Waals surface area contributed by atoms with E-state index in [1.807, 2.05) is 0 Å². The summed E-state index contributed by atoms with van der Waals surface area (Å²) in [4.78, 5) is 11.8. The van der Waals surface area contributed by atoms with E-state index in [9.17, 15) is 13.6 Å². The van der Waals surface area contributed by atoms with Crippen molar-refractivity contribution in [2.75, 3.05) is 20.3 Å². The summed E-state index contributed by atoms with van der Waals surface area (Å²) in [6.07, 6.45) is 0. The summed E-state index contributed by atoms with van der Waals surface area (Å²) in [5, 5.41) is 2.13. The van der Waals surface area contributed by atoms with Crippen LogP contribution in [0.5, 0.6) is 5.75 Å². The number of carbonyl (C=O) groups is 1. The molecule has 0 saturated heterocycles. The van der Waals surface area contributed by atoms with Crippen LogP contribution in [-0.4, -0.2) is 38.2 Å². The second-order valence-corrected chi connectivity index (χ2v) is 4.25. The fourth-order valence-electron chi connectivity index (χ4n) is 1.39. The van der Waals surface area contributed by atoms with Crippen molar-refractivity contribution in [2.24, 2.45) is 0 Å². The first-order valence-corrected chi connectivity index (χ1v) is 5.93. The minimum Gasteiger partial charge on any atom is -0.434 e. The van der Waals surface area contributed by atoms with Gasteiger partial charge in [0.1, 0.15) is 5.75 Å². The second-order valence-electron chi connectivity index (χ2n) is 3.64. The van der Waals surface area contributed by atoms with Crippen LogP contribution in [0.15, 0.2) is 24.3 Å². The van der Waals surface area contributed by atoms with Crippen LogP contribution in [0.3, 0.4) is 0 Å². The first-order chi connectivity index (χ1) is 9.04. The van der Waals surface area contributed by atoms with Crippen LogP contribution in [0.2, 0.25) is 0 Å². The molecule has 0 saturated carbocycles. The predicted molar refractivity (Wildman–Crippen MR) is 66.9 cm³/mol. The quantitative estimate of drug-likeness (QED) is 0.785. The van der Waals surface area contributed by atoms with Crippen LogP contribution in [0.1, 0.15) is 10.4 Å². The highest BCUT2D eigenvalue weighted by molar-refractivity contribution is 6.21. The van der Waals surface area contributed by atoms with Gasteiger partial charge in [0.05, 0.1) is 17.5 Å². The Hall–Kier alpha value is -1.40. The van der Waals surface area contributed by atoms with Gasteiger partial charge in [-0.25, -0.2) is 0 Å². The minimum atomic E-state index is -2.98. The smallest absolute Gasteiger partial charge is 0.387 e. The Balaban J connectivity index is 2.66. The van der Waals surface area contributed by atoms with Gasteiger partial charge in [0.25, 0.3) is 5.91 Å². The number of alkyl halides is 3. The van der Waals surface area contributed by atoms with Crippen molar-refractivity contribution in [2.45, 2.75) is 12.0 Å². The Morgan fingerprint density at radius 3 is 2.74 bits per heavy atom. The molecule has 0 spiro atoms. The molecule has 1 aromatic carbocycles. The van der Waals surface area contributed by atoms with Gasteiger partial charge in [0.15, 0.2) is 0 Å². The first kappa shape index (κ1) is 15.7. The third-order valence-corrected chi connectivity index (χ3v) is 2.46. The summed E-state index contributed by atoms with van der Waals surface area (Å²) in [7, 11) is 1.49. The number of halogens is 3. The molecule has 0 aliphatic heterocycles. The molecular weight excluding hydrogens is 280 g/mol. The predicted octanol–water partition coefficient (Wildman–Crippen LogP) is 2.27. The summed E-state index contributed by atoms with van der Waals surface area (Å²) in [5.74, 6) is -0.703. The first-order valence-electron chi connectivity index (χ1n) is 5.49. The molecule has 1 atom stereocenters. The van der Waals surface area contributed by atoms with Gasteiger partial charge in [-0.2, -0.15) is 8.78 Å². The van der Waals surface area contributed by atoms with E-state index in [0.717, 1.165) is 0 Å². The van der Waals surface area contributed by atoms with Crippen molar-refractivity contribution >= 4 is 17.5 Å². The largest absolute Gasteiger partial charge is 0.434 e. The lowest BCUT2D eigenvalue weighted by Crippen LogP contribution is -2.32. The van der Waals surface area contributed by atoms with Gasteiger partial charge in [-0.3, -0.25) is 4.79 Å². The molecule has 0 bridgehead atoms. The lowest BCUT2D eigenvalue weighted by Gasteiger charge is -2.12. The molecule has 19 heavy (non-hydrogen) atoms. The molecule has 1 unspecified atom stereocenters. The fourth-order valence-corrected chi connectivity index (χ4v) is 1.59. The number of para-hydroxylation sites is 1. The molecule has 4 nitrogen and oxygen atoms in total. The molecule has 0 aliphatic carbocycles. The molecule has 1 N–H and O–H groups in total. The van der Waals surface area contributed by atoms with E-state index < -0.39 is 17.9 Å². The summed E-state index contributed by atoms with van der Waals surface area (Å²) < 4.78 is 33.5. The van der Waals surface area contributed by atoms with Gasteiger partial charge in [0.2, 0.25) is 0 Å². The fraction of sp³-hybridized carbons (Fsp3) is 0.417. The highest BCUT2D eigenvalue weighted by Crippen LogP contribution is 2.20. The van der Waals surface area contributed by atoms with E-state index in [1.165, 1.54) is 25.3 Å². The number of amides is 1. The molecule has 1 aromatic rings. The molecule has 1 rings (SSSR count). The van der Waals surface area contributed by atoms with Crippen LogP contribution in [0.4, 0.5) is 8.78 Å². The van der Waals surface area contributed by atoms with Crippen LogP contribution in [0.25, 0.3) is 0 Å². The molecule has 7 heteroatoms. The number of carbonyl (C=O) groups excluding carboxylic acids is 1. The number of nitrogens with one attached hydrogen (secondary N) is 1. The minimum absolute atomic E-state index is 0.0316. The summed E-state index contributed by atoms with van der Waals surface area (Å²) in [6.45, 7) is -2.54. The van der Waals surface area contributed by atoms with Gasteiger partial charge < -0.3 is 14.8 Å². The lowest BCUT2D eigenvalue weighted by molar-refractivity contribution is -0.0501. The Morgan fingerprint density at radius 2 is 2.11 bits per heavy atom. The third-order valence-electron chi connectivity index (χ3n) is 2.18. The molecule has 106 valence electrons. The Kier molecular flexibility index (Phi) is 6.52. The van der Waals surface area contributed by atoms with Crippen molar-refractivity contribution in [1.82, 2.24) is 5.32 Å². The Bertz CT molecular complexity index is 418. The van der Waals surface area contributed by atoms with Crippen molar-refractivity contribution in [3.63, 3.8) is 0 Å². The van der Waals surface area contributed by atoms with Crippen molar-refractivity contribution in [3.05, 3.63) is 29.8 Å². The lowest BCUT2D eigenvalue weighted by atomic mass is 10.2. The average molecular weight is 294 g/mol. The summed E-state index contributed by atoms with van der Waals surface area (Å²) in [5.41, 5.74) is 0.0316. The number of hydrogen-bond donors (Lipinski definition) is 1. The van der Waals surface area contributed by atoms with Gasteiger partial charge in [-0.05, 0) is 12.1 Å². The zero-order valence-corrected chi connectivity index (χ0v) is 11.0. The maximum absolute atomic E-state index is 12.2. The monoisotopic (exact) mass is 293 g/mol. The average Bonchev–Trinajstić information content (AvgIpc) is 2.36. The molecule has 0 heterocycles. The number of methoxy groups -OCH3 is 1. The molecule has 1 amide bonds.